The standard InChI is InChI=1S/C15H21N3O2/c1-4-5-8-18-10-13(16)15(17-18)12-9-11(19-2)6-7-14(12)20-3/h6-7,9-10H,4-5,8,16H2,1-3H3. The summed E-state index contributed by atoms with van der Waals surface area (Å²) >= 11 is 0. The highest BCUT2D eigenvalue weighted by atomic mass is 16.5. The molecule has 2 aromatic rings. The van der Waals surface area contributed by atoms with Crippen molar-refractivity contribution >= 4 is 5.69 Å². The van der Waals surface area contributed by atoms with Crippen LogP contribution in [-0.4, -0.2) is 24.0 Å². The van der Waals surface area contributed by atoms with Crippen LogP contribution in [0.4, 0.5) is 5.69 Å². The van der Waals surface area contributed by atoms with Gasteiger partial charge in [-0.3, -0.25) is 4.68 Å². The molecule has 0 bridgehead atoms. The first kappa shape index (κ1) is 14.2. The van der Waals surface area contributed by atoms with Gasteiger partial charge in [-0.1, -0.05) is 13.3 Å². The summed E-state index contributed by atoms with van der Waals surface area (Å²) in [6.45, 7) is 3.02. The number of nitrogen functional groups attached to an aromatic ring is 1. The van der Waals surface area contributed by atoms with Gasteiger partial charge in [0.15, 0.2) is 0 Å². The highest BCUT2D eigenvalue weighted by Crippen LogP contribution is 2.35. The monoisotopic (exact) mass is 275 g/mol. The summed E-state index contributed by atoms with van der Waals surface area (Å²) < 4.78 is 12.5. The van der Waals surface area contributed by atoms with Crippen LogP contribution in [0.1, 0.15) is 19.8 Å². The number of aryl methyl sites for hydroxylation is 1. The lowest BCUT2D eigenvalue weighted by Gasteiger charge is -2.09. The Morgan fingerprint density at radius 2 is 2.05 bits per heavy atom. The van der Waals surface area contributed by atoms with E-state index in [1.165, 1.54) is 0 Å². The van der Waals surface area contributed by atoms with E-state index in [4.69, 9.17) is 15.2 Å². The lowest BCUT2D eigenvalue weighted by atomic mass is 10.1. The van der Waals surface area contributed by atoms with Crippen LogP contribution in [0.15, 0.2) is 24.4 Å². The summed E-state index contributed by atoms with van der Waals surface area (Å²) in [6.07, 6.45) is 4.07. The van der Waals surface area contributed by atoms with E-state index in [9.17, 15) is 0 Å². The van der Waals surface area contributed by atoms with Gasteiger partial charge in [0.05, 0.1) is 19.9 Å². The molecule has 2 rings (SSSR count). The van der Waals surface area contributed by atoms with E-state index in [1.54, 1.807) is 14.2 Å². The molecule has 0 aliphatic heterocycles. The zero-order chi connectivity index (χ0) is 14.5. The summed E-state index contributed by atoms with van der Waals surface area (Å²) in [4.78, 5) is 0. The molecule has 0 aliphatic rings. The Balaban J connectivity index is 2.41. The molecule has 1 aromatic heterocycles. The van der Waals surface area contributed by atoms with Crippen molar-refractivity contribution in [2.24, 2.45) is 0 Å². The van der Waals surface area contributed by atoms with Crippen molar-refractivity contribution in [3.8, 4) is 22.8 Å². The molecule has 5 nitrogen and oxygen atoms in total. The Morgan fingerprint density at radius 1 is 1.25 bits per heavy atom. The minimum absolute atomic E-state index is 0.646. The van der Waals surface area contributed by atoms with Crippen LogP contribution in [0, 0.1) is 0 Å². The summed E-state index contributed by atoms with van der Waals surface area (Å²) in [5, 5.41) is 4.56. The molecule has 0 radical (unpaired) electrons. The number of benzene rings is 1. The van der Waals surface area contributed by atoms with Gasteiger partial charge >= 0.3 is 0 Å². The summed E-state index contributed by atoms with van der Waals surface area (Å²) in [5.74, 6) is 1.49. The van der Waals surface area contributed by atoms with Crippen molar-refractivity contribution in [3.05, 3.63) is 24.4 Å². The fourth-order valence-corrected chi connectivity index (χ4v) is 2.08. The third-order valence-electron chi connectivity index (χ3n) is 3.19. The molecular formula is C15H21N3O2. The first-order chi connectivity index (χ1) is 9.69. The molecular weight excluding hydrogens is 254 g/mol. The molecule has 0 saturated carbocycles. The molecule has 0 aliphatic carbocycles. The third-order valence-corrected chi connectivity index (χ3v) is 3.19. The van der Waals surface area contributed by atoms with Gasteiger partial charge in [0.1, 0.15) is 17.2 Å². The molecule has 20 heavy (non-hydrogen) atoms. The van der Waals surface area contributed by atoms with Crippen LogP contribution >= 0.6 is 0 Å². The summed E-state index contributed by atoms with van der Waals surface area (Å²) in [6, 6.07) is 5.60. The molecule has 5 heteroatoms. The van der Waals surface area contributed by atoms with E-state index in [2.05, 4.69) is 12.0 Å². The maximum atomic E-state index is 6.08. The number of anilines is 1. The SMILES string of the molecule is CCCCn1cc(N)c(-c2cc(OC)ccc2OC)n1. The molecule has 2 N–H and O–H groups in total. The minimum Gasteiger partial charge on any atom is -0.497 e. The number of nitrogens with zero attached hydrogens (tertiary/aromatic N) is 2. The fourth-order valence-electron chi connectivity index (χ4n) is 2.08. The van der Waals surface area contributed by atoms with E-state index in [0.717, 1.165) is 42.1 Å². The number of aromatic nitrogens is 2. The average molecular weight is 275 g/mol. The lowest BCUT2D eigenvalue weighted by molar-refractivity contribution is 0.404. The number of hydrogen-bond donors (Lipinski definition) is 1. The molecule has 1 heterocycles. The highest BCUT2D eigenvalue weighted by molar-refractivity contribution is 5.77. The van der Waals surface area contributed by atoms with Crippen molar-refractivity contribution in [2.75, 3.05) is 20.0 Å². The van der Waals surface area contributed by atoms with Crippen molar-refractivity contribution in [2.45, 2.75) is 26.3 Å². The maximum absolute atomic E-state index is 6.08. The van der Waals surface area contributed by atoms with Crippen molar-refractivity contribution in [3.63, 3.8) is 0 Å². The van der Waals surface area contributed by atoms with Crippen LogP contribution in [0.2, 0.25) is 0 Å². The van der Waals surface area contributed by atoms with E-state index in [0.29, 0.717) is 5.69 Å². The van der Waals surface area contributed by atoms with Crippen LogP contribution in [-0.2, 0) is 6.54 Å². The molecule has 0 fully saturated rings. The maximum Gasteiger partial charge on any atom is 0.128 e. The van der Waals surface area contributed by atoms with E-state index >= 15 is 0 Å². The second-order valence-electron chi connectivity index (χ2n) is 4.62. The van der Waals surface area contributed by atoms with Crippen LogP contribution in [0.25, 0.3) is 11.3 Å². The molecule has 0 spiro atoms. The van der Waals surface area contributed by atoms with Gasteiger partial charge < -0.3 is 15.2 Å². The quantitative estimate of drug-likeness (QED) is 0.880. The average Bonchev–Trinajstić information content (AvgIpc) is 2.85. The Hall–Kier alpha value is -2.17. The normalized spacial score (nSPS) is 10.6. The van der Waals surface area contributed by atoms with Crippen molar-refractivity contribution in [1.29, 1.82) is 0 Å². The van der Waals surface area contributed by atoms with Gasteiger partial charge in [0.2, 0.25) is 0 Å². The molecule has 0 amide bonds. The number of hydrogen-bond acceptors (Lipinski definition) is 4. The second kappa shape index (κ2) is 6.32. The fraction of sp³-hybridized carbons (Fsp3) is 0.400. The number of methoxy groups -OCH3 is 2. The number of rotatable bonds is 6. The number of nitrogens with two attached hydrogens (primary N) is 1. The van der Waals surface area contributed by atoms with Crippen LogP contribution in [0.3, 0.4) is 0 Å². The van der Waals surface area contributed by atoms with Gasteiger partial charge in [0.25, 0.3) is 0 Å². The number of unbranched alkanes of at least 4 members (excludes halogenated alkanes) is 1. The zero-order valence-electron chi connectivity index (χ0n) is 12.2. The van der Waals surface area contributed by atoms with Gasteiger partial charge in [-0.15, -0.1) is 0 Å². The van der Waals surface area contributed by atoms with E-state index in [-0.39, 0.29) is 0 Å². The second-order valence-corrected chi connectivity index (χ2v) is 4.62. The predicted molar refractivity (Wildman–Crippen MR) is 80.1 cm³/mol. The van der Waals surface area contributed by atoms with Crippen molar-refractivity contribution < 1.29 is 9.47 Å². The Bertz CT molecular complexity index is 578. The van der Waals surface area contributed by atoms with Gasteiger partial charge in [-0.2, -0.15) is 5.10 Å². The molecule has 0 unspecified atom stereocenters. The van der Waals surface area contributed by atoms with Crippen molar-refractivity contribution in [1.82, 2.24) is 9.78 Å². The topological polar surface area (TPSA) is 62.3 Å². The van der Waals surface area contributed by atoms with E-state index in [1.807, 2.05) is 29.1 Å². The molecule has 0 saturated heterocycles. The van der Waals surface area contributed by atoms with Crippen LogP contribution < -0.4 is 15.2 Å². The highest BCUT2D eigenvalue weighted by Gasteiger charge is 2.14. The molecule has 1 aromatic carbocycles. The molecule has 108 valence electrons. The molecule has 0 atom stereocenters. The van der Waals surface area contributed by atoms with Gasteiger partial charge in [0, 0.05) is 18.3 Å². The van der Waals surface area contributed by atoms with Gasteiger partial charge in [-0.05, 0) is 24.6 Å². The van der Waals surface area contributed by atoms with E-state index < -0.39 is 0 Å². The number of ether oxygens (including phenoxy) is 2. The minimum atomic E-state index is 0.646. The van der Waals surface area contributed by atoms with Gasteiger partial charge in [-0.25, -0.2) is 0 Å². The third kappa shape index (κ3) is 2.87. The largest absolute Gasteiger partial charge is 0.497 e. The smallest absolute Gasteiger partial charge is 0.128 e. The Morgan fingerprint density at radius 3 is 2.70 bits per heavy atom. The zero-order valence-corrected chi connectivity index (χ0v) is 12.2. The predicted octanol–water partition coefficient (Wildman–Crippen LogP) is 2.95. The lowest BCUT2D eigenvalue weighted by Crippen LogP contribution is -1.98. The summed E-state index contributed by atoms with van der Waals surface area (Å²) in [7, 11) is 3.27. The first-order valence-electron chi connectivity index (χ1n) is 6.75. The summed E-state index contributed by atoms with van der Waals surface area (Å²) in [5.41, 5.74) is 8.31. The Labute approximate surface area is 119 Å². The van der Waals surface area contributed by atoms with Crippen LogP contribution in [0.5, 0.6) is 11.5 Å². The first-order valence-corrected chi connectivity index (χ1v) is 6.75. The Kier molecular flexibility index (Phi) is 4.50.